The number of pyridine rings is 1. The summed E-state index contributed by atoms with van der Waals surface area (Å²) in [6, 6.07) is 8.84. The Kier molecular flexibility index (Phi) is 6.17. The molecule has 160 valence electrons. The molecule has 30 heavy (non-hydrogen) atoms. The summed E-state index contributed by atoms with van der Waals surface area (Å²) in [7, 11) is 3.21. The molecule has 8 heteroatoms. The van der Waals surface area contributed by atoms with E-state index in [2.05, 4.69) is 58.0 Å². The van der Waals surface area contributed by atoms with E-state index in [-0.39, 0.29) is 0 Å². The number of imidazole rings is 1. The second-order valence-corrected chi connectivity index (χ2v) is 9.26. The van der Waals surface area contributed by atoms with Crippen molar-refractivity contribution in [1.82, 2.24) is 23.7 Å². The summed E-state index contributed by atoms with van der Waals surface area (Å²) in [4.78, 5) is 13.6. The predicted molar refractivity (Wildman–Crippen MR) is 123 cm³/mol. The minimum atomic E-state index is -0.863. The van der Waals surface area contributed by atoms with Crippen molar-refractivity contribution in [1.29, 1.82) is 0 Å². The number of nitrogens with zero attached hydrogens (tertiary/aromatic N) is 6. The normalized spacial score (nSPS) is 16.8. The number of hydrogen-bond acceptors (Lipinski definition) is 5. The highest BCUT2D eigenvalue weighted by Gasteiger charge is 2.19. The van der Waals surface area contributed by atoms with Crippen molar-refractivity contribution in [3.8, 4) is 0 Å². The van der Waals surface area contributed by atoms with Crippen molar-refractivity contribution >= 4 is 33.5 Å². The first-order valence-corrected chi connectivity index (χ1v) is 11.9. The van der Waals surface area contributed by atoms with Gasteiger partial charge < -0.3 is 9.47 Å². The summed E-state index contributed by atoms with van der Waals surface area (Å²) in [5.74, 6) is 0.914. The maximum atomic E-state index is 11.6. The summed E-state index contributed by atoms with van der Waals surface area (Å²) in [6.45, 7) is 6.78. The van der Waals surface area contributed by atoms with Crippen molar-refractivity contribution in [3.05, 3.63) is 47.9 Å². The molecule has 1 unspecified atom stereocenters. The fourth-order valence-electron chi connectivity index (χ4n) is 4.08. The van der Waals surface area contributed by atoms with Gasteiger partial charge in [-0.3, -0.25) is 4.90 Å². The van der Waals surface area contributed by atoms with Gasteiger partial charge in [-0.25, -0.2) is 18.5 Å². The zero-order valence-corrected chi connectivity index (χ0v) is 19.0. The van der Waals surface area contributed by atoms with Gasteiger partial charge in [0.15, 0.2) is 0 Å². The summed E-state index contributed by atoms with van der Waals surface area (Å²) >= 11 is 0. The van der Waals surface area contributed by atoms with Crippen LogP contribution in [0.4, 0.5) is 11.5 Å². The van der Waals surface area contributed by atoms with Crippen molar-refractivity contribution in [2.45, 2.75) is 19.9 Å². The summed E-state index contributed by atoms with van der Waals surface area (Å²) in [5.41, 5.74) is 5.81. The molecule has 1 fully saturated rings. The highest BCUT2D eigenvalue weighted by molar-refractivity contribution is 7.81. The predicted octanol–water partition coefficient (Wildman–Crippen LogP) is 2.71. The molecule has 1 aliphatic rings. The van der Waals surface area contributed by atoms with Crippen LogP contribution in [0.15, 0.2) is 36.8 Å². The van der Waals surface area contributed by atoms with Gasteiger partial charge in [-0.1, -0.05) is 19.1 Å². The molecule has 0 radical (unpaired) electrons. The number of aromatic nitrogens is 3. The van der Waals surface area contributed by atoms with Crippen molar-refractivity contribution in [3.63, 3.8) is 0 Å². The van der Waals surface area contributed by atoms with Gasteiger partial charge in [-0.2, -0.15) is 0 Å². The third kappa shape index (κ3) is 4.26. The fraction of sp³-hybridized carbons (Fsp3) is 0.455. The van der Waals surface area contributed by atoms with Gasteiger partial charge in [0.2, 0.25) is 0 Å². The third-order valence-electron chi connectivity index (χ3n) is 5.93. The zero-order valence-electron chi connectivity index (χ0n) is 18.2. The minimum Gasteiger partial charge on any atom is -0.334 e. The van der Waals surface area contributed by atoms with E-state index in [1.54, 1.807) is 6.26 Å². The Morgan fingerprint density at radius 1 is 1.13 bits per heavy atom. The number of anilines is 2. The van der Waals surface area contributed by atoms with E-state index < -0.39 is 11.0 Å². The number of fused-ring (bicyclic) bond motifs is 1. The average Bonchev–Trinajstić information content (AvgIpc) is 3.13. The topological polar surface area (TPSA) is 57.5 Å². The maximum Gasteiger partial charge on any atom is 0.134 e. The first kappa shape index (κ1) is 21.0. The Hall–Kier alpha value is -2.29. The Balaban J connectivity index is 1.51. The van der Waals surface area contributed by atoms with E-state index in [9.17, 15) is 4.21 Å². The molecule has 1 saturated heterocycles. The average molecular weight is 427 g/mol. The molecular weight excluding hydrogens is 396 g/mol. The molecule has 1 aromatic carbocycles. The van der Waals surface area contributed by atoms with Crippen LogP contribution in [-0.4, -0.2) is 67.4 Å². The van der Waals surface area contributed by atoms with Gasteiger partial charge in [0.05, 0.1) is 29.0 Å². The van der Waals surface area contributed by atoms with Crippen LogP contribution in [0, 0.1) is 0 Å². The van der Waals surface area contributed by atoms with E-state index in [1.807, 2.05) is 28.4 Å². The molecule has 3 heterocycles. The summed E-state index contributed by atoms with van der Waals surface area (Å²) in [5, 5.41) is 0. The molecular formula is C22H30N6OS. The van der Waals surface area contributed by atoms with Crippen LogP contribution in [-0.2, 0) is 31.0 Å². The lowest BCUT2D eigenvalue weighted by atomic mass is 10.0. The van der Waals surface area contributed by atoms with Crippen molar-refractivity contribution in [2.24, 2.45) is 7.05 Å². The number of aryl methyl sites for hydroxylation is 2. The second kappa shape index (κ2) is 8.83. The Morgan fingerprint density at radius 3 is 2.60 bits per heavy atom. The van der Waals surface area contributed by atoms with Gasteiger partial charge in [0.25, 0.3) is 0 Å². The molecule has 0 bridgehead atoms. The fourth-order valence-corrected chi connectivity index (χ4v) is 4.75. The molecule has 0 saturated carbocycles. The molecule has 2 aromatic heterocycles. The van der Waals surface area contributed by atoms with Crippen LogP contribution in [0.5, 0.6) is 0 Å². The quantitative estimate of drug-likeness (QED) is 0.607. The van der Waals surface area contributed by atoms with Gasteiger partial charge in [0, 0.05) is 64.8 Å². The van der Waals surface area contributed by atoms with Crippen LogP contribution in [0.25, 0.3) is 11.0 Å². The lowest BCUT2D eigenvalue weighted by Crippen LogP contribution is -2.46. The highest BCUT2D eigenvalue weighted by Crippen LogP contribution is 2.29. The molecule has 1 atom stereocenters. The van der Waals surface area contributed by atoms with Crippen LogP contribution < -0.4 is 4.90 Å². The molecule has 1 aliphatic heterocycles. The zero-order chi connectivity index (χ0) is 21.3. The lowest BCUT2D eigenvalue weighted by molar-refractivity contribution is 0.186. The van der Waals surface area contributed by atoms with Gasteiger partial charge in [-0.05, 0) is 23.6 Å². The standard InChI is InChI=1S/C22H30N6OS/c1-5-18-12-17(15-27-8-10-28(11-9-27)30(4)29)6-7-20(18)26(3)22-13-21-19(14-23-22)24-16-25(21)2/h6-7,12-14,16H,5,8-11,15H2,1-4H3. The monoisotopic (exact) mass is 426 g/mol. The van der Waals surface area contributed by atoms with Crippen LogP contribution in [0.2, 0.25) is 0 Å². The van der Waals surface area contributed by atoms with E-state index in [0.29, 0.717) is 0 Å². The van der Waals surface area contributed by atoms with Crippen LogP contribution in [0.1, 0.15) is 18.1 Å². The number of hydrogen-bond donors (Lipinski definition) is 0. The summed E-state index contributed by atoms with van der Waals surface area (Å²) in [6.07, 6.45) is 6.38. The number of rotatable bonds is 6. The molecule has 0 aliphatic carbocycles. The maximum absolute atomic E-state index is 11.6. The first-order valence-electron chi connectivity index (χ1n) is 10.4. The van der Waals surface area contributed by atoms with E-state index >= 15 is 0 Å². The molecule has 0 N–H and O–H groups in total. The van der Waals surface area contributed by atoms with Crippen molar-refractivity contribution < 1.29 is 4.21 Å². The molecule has 7 nitrogen and oxygen atoms in total. The van der Waals surface area contributed by atoms with E-state index in [1.165, 1.54) is 16.8 Å². The summed E-state index contributed by atoms with van der Waals surface area (Å²) < 4.78 is 15.7. The van der Waals surface area contributed by atoms with Crippen LogP contribution in [0.3, 0.4) is 0 Å². The SMILES string of the molecule is CCc1cc(CN2CCN(S(C)=O)CC2)ccc1N(C)c1cc2c(cn1)ncn2C. The number of piperazine rings is 1. The number of benzene rings is 1. The van der Waals surface area contributed by atoms with E-state index in [0.717, 1.165) is 56.0 Å². The Bertz CT molecular complexity index is 1060. The minimum absolute atomic E-state index is 0.863. The highest BCUT2D eigenvalue weighted by atomic mass is 32.2. The second-order valence-electron chi connectivity index (χ2n) is 7.89. The largest absolute Gasteiger partial charge is 0.334 e. The molecule has 4 rings (SSSR count). The molecule has 3 aromatic rings. The molecule has 0 amide bonds. The smallest absolute Gasteiger partial charge is 0.134 e. The van der Waals surface area contributed by atoms with Gasteiger partial charge in [-0.15, -0.1) is 0 Å². The van der Waals surface area contributed by atoms with E-state index in [4.69, 9.17) is 0 Å². The Morgan fingerprint density at radius 2 is 1.90 bits per heavy atom. The van der Waals surface area contributed by atoms with Crippen molar-refractivity contribution in [2.75, 3.05) is 44.4 Å². The Labute approximate surface area is 180 Å². The molecule has 0 spiro atoms. The lowest BCUT2D eigenvalue weighted by Gasteiger charge is -2.33. The van der Waals surface area contributed by atoms with Gasteiger partial charge >= 0.3 is 0 Å². The van der Waals surface area contributed by atoms with Gasteiger partial charge in [0.1, 0.15) is 11.3 Å². The third-order valence-corrected chi connectivity index (χ3v) is 7.02. The first-order chi connectivity index (χ1) is 14.5. The van der Waals surface area contributed by atoms with Crippen LogP contribution >= 0.6 is 0 Å².